The number of thiazole rings is 1. The third-order valence-corrected chi connectivity index (χ3v) is 10.3. The summed E-state index contributed by atoms with van der Waals surface area (Å²) < 4.78 is 1.48. The standard InChI is InChI=1S/C36H48N12O6S/c1-21(2)15-27-34-41-29(20-55-34)33(52)40-28(16-24-17-37-26-10-8-7-9-25(24)26)36(54)46(6)18-30(49)38-22(3)35(53)45(5)13-14-47(19-31(50)39-27)32(51)11-12-48-23(4)42-43-44-48/h7-10,17,20-22,27-28,37H,11-16,18-19H2,1-6H3,(H,38,49)(H,39,50)(H,40,52)/t22-,27-,28+/m0/s1. The Hall–Kier alpha value is -5.72. The lowest BCUT2D eigenvalue weighted by molar-refractivity contribution is -0.139. The van der Waals surface area contributed by atoms with Crippen molar-refractivity contribution in [3.63, 3.8) is 0 Å². The first kappa shape index (κ1) is 40.5. The summed E-state index contributed by atoms with van der Waals surface area (Å²) in [4.78, 5) is 93.1. The number of tetrazole rings is 1. The number of likely N-dealkylation sites (N-methyl/N-ethyl adjacent to an activating group) is 2. The van der Waals surface area contributed by atoms with Crippen LogP contribution in [0.25, 0.3) is 10.9 Å². The second-order valence-electron chi connectivity index (χ2n) is 14.2. The molecule has 6 amide bonds. The molecule has 55 heavy (non-hydrogen) atoms. The summed E-state index contributed by atoms with van der Waals surface area (Å²) in [7, 11) is 3.00. The molecule has 19 heteroatoms. The number of aromatic amines is 1. The van der Waals surface area contributed by atoms with Crippen LogP contribution in [0.5, 0.6) is 0 Å². The minimum atomic E-state index is -1.08. The number of aromatic nitrogens is 6. The fourth-order valence-electron chi connectivity index (χ4n) is 6.34. The number of para-hydroxylation sites is 1. The van der Waals surface area contributed by atoms with Crippen molar-refractivity contribution < 1.29 is 28.8 Å². The Balaban J connectivity index is 1.43. The van der Waals surface area contributed by atoms with Crippen LogP contribution in [0.15, 0.2) is 35.8 Å². The molecule has 4 N–H and O–H groups in total. The highest BCUT2D eigenvalue weighted by Crippen LogP contribution is 2.25. The maximum atomic E-state index is 13.9. The number of amides is 6. The number of hydrogen-bond donors (Lipinski definition) is 4. The number of nitrogens with one attached hydrogen (secondary N) is 4. The molecule has 0 saturated heterocycles. The van der Waals surface area contributed by atoms with Crippen LogP contribution in [0.3, 0.4) is 0 Å². The van der Waals surface area contributed by atoms with Gasteiger partial charge in [0.25, 0.3) is 5.91 Å². The molecule has 0 radical (unpaired) electrons. The molecule has 5 rings (SSSR count). The fraction of sp³-hybridized carbons (Fsp3) is 0.500. The third kappa shape index (κ3) is 10.5. The molecule has 4 heterocycles. The highest BCUT2D eigenvalue weighted by molar-refractivity contribution is 7.09. The Bertz CT molecular complexity index is 2020. The molecular weight excluding hydrogens is 729 g/mol. The molecular formula is C36H48N12O6S. The van der Waals surface area contributed by atoms with Gasteiger partial charge in [0.15, 0.2) is 0 Å². The molecule has 3 aromatic heterocycles. The molecule has 0 fully saturated rings. The molecule has 1 aromatic carbocycles. The lowest BCUT2D eigenvalue weighted by Crippen LogP contribution is -2.53. The van der Waals surface area contributed by atoms with Crippen molar-refractivity contribution >= 4 is 57.7 Å². The van der Waals surface area contributed by atoms with Gasteiger partial charge in [-0.05, 0) is 48.2 Å². The largest absolute Gasteiger partial charge is 0.361 e. The maximum Gasteiger partial charge on any atom is 0.271 e. The minimum absolute atomic E-state index is 0.00278. The van der Waals surface area contributed by atoms with E-state index in [1.54, 1.807) is 25.5 Å². The van der Waals surface area contributed by atoms with E-state index in [2.05, 4.69) is 41.4 Å². The van der Waals surface area contributed by atoms with E-state index in [0.717, 1.165) is 16.5 Å². The maximum absolute atomic E-state index is 13.9. The molecule has 0 saturated carbocycles. The van der Waals surface area contributed by atoms with E-state index in [0.29, 0.717) is 17.3 Å². The molecule has 0 spiro atoms. The molecule has 3 atom stereocenters. The lowest BCUT2D eigenvalue weighted by Gasteiger charge is -2.28. The summed E-state index contributed by atoms with van der Waals surface area (Å²) in [6, 6.07) is 4.96. The van der Waals surface area contributed by atoms with Gasteiger partial charge in [-0.1, -0.05) is 32.0 Å². The number of hydrogen-bond acceptors (Lipinski definition) is 11. The van der Waals surface area contributed by atoms with Crippen LogP contribution in [0.1, 0.15) is 66.5 Å². The summed E-state index contributed by atoms with van der Waals surface area (Å²) in [5, 5.41) is 22.8. The van der Waals surface area contributed by atoms with E-state index < -0.39 is 47.7 Å². The summed E-state index contributed by atoms with van der Waals surface area (Å²) >= 11 is 1.20. The molecule has 4 aromatic rings. The third-order valence-electron chi connectivity index (χ3n) is 9.32. The lowest BCUT2D eigenvalue weighted by atomic mass is 10.0. The first-order valence-corrected chi connectivity index (χ1v) is 19.0. The van der Waals surface area contributed by atoms with Gasteiger partial charge in [-0.3, -0.25) is 28.8 Å². The second-order valence-corrected chi connectivity index (χ2v) is 15.1. The van der Waals surface area contributed by atoms with Gasteiger partial charge in [0, 0.05) is 62.5 Å². The van der Waals surface area contributed by atoms with E-state index in [1.165, 1.54) is 44.7 Å². The average Bonchev–Trinajstić information content (AvgIpc) is 3.90. The van der Waals surface area contributed by atoms with E-state index in [-0.39, 0.29) is 63.1 Å². The highest BCUT2D eigenvalue weighted by atomic mass is 32.1. The first-order chi connectivity index (χ1) is 26.2. The van der Waals surface area contributed by atoms with Crippen LogP contribution in [0, 0.1) is 12.8 Å². The number of carbonyl (C=O) groups excluding carboxylic acids is 6. The average molecular weight is 777 g/mol. The Morgan fingerprint density at radius 3 is 2.42 bits per heavy atom. The van der Waals surface area contributed by atoms with Crippen molar-refractivity contribution in [2.24, 2.45) is 5.92 Å². The Morgan fingerprint density at radius 2 is 1.69 bits per heavy atom. The highest BCUT2D eigenvalue weighted by Gasteiger charge is 2.30. The first-order valence-electron chi connectivity index (χ1n) is 18.1. The molecule has 0 unspecified atom stereocenters. The fourth-order valence-corrected chi connectivity index (χ4v) is 7.20. The smallest absolute Gasteiger partial charge is 0.271 e. The van der Waals surface area contributed by atoms with Gasteiger partial charge in [-0.2, -0.15) is 0 Å². The number of fused-ring (bicyclic) bond motifs is 3. The Morgan fingerprint density at radius 1 is 0.945 bits per heavy atom. The normalized spacial score (nSPS) is 20.0. The number of aryl methyl sites for hydroxylation is 2. The molecule has 1 aliphatic rings. The predicted octanol–water partition coefficient (Wildman–Crippen LogP) is 0.818. The zero-order chi connectivity index (χ0) is 39.8. The summed E-state index contributed by atoms with van der Waals surface area (Å²) in [5.74, 6) is -2.28. The number of nitrogens with zero attached hydrogens (tertiary/aromatic N) is 8. The van der Waals surface area contributed by atoms with E-state index >= 15 is 0 Å². The zero-order valence-electron chi connectivity index (χ0n) is 31.9. The number of carbonyl (C=O) groups is 6. The van der Waals surface area contributed by atoms with E-state index in [9.17, 15) is 28.8 Å². The minimum Gasteiger partial charge on any atom is -0.361 e. The van der Waals surface area contributed by atoms with Gasteiger partial charge in [0.1, 0.15) is 28.6 Å². The van der Waals surface area contributed by atoms with Gasteiger partial charge >= 0.3 is 0 Å². The second kappa shape index (κ2) is 18.1. The van der Waals surface area contributed by atoms with Gasteiger partial charge in [0.05, 0.1) is 25.7 Å². The van der Waals surface area contributed by atoms with Crippen molar-refractivity contribution in [1.82, 2.24) is 60.8 Å². The number of rotatable bonds is 7. The molecule has 18 nitrogen and oxygen atoms in total. The summed E-state index contributed by atoms with van der Waals surface area (Å²) in [6.07, 6.45) is 2.39. The molecule has 1 aliphatic heterocycles. The van der Waals surface area contributed by atoms with E-state index in [1.807, 2.05) is 38.1 Å². The molecule has 294 valence electrons. The number of H-pyrrole nitrogens is 1. The van der Waals surface area contributed by atoms with Gasteiger partial charge in [0.2, 0.25) is 29.5 Å². The van der Waals surface area contributed by atoms with Crippen molar-refractivity contribution in [3.8, 4) is 0 Å². The SMILES string of the molecule is Cc1nnnn1CCC(=O)N1CCN(C)C(=O)[C@H](C)NC(=O)CN(C)C(=O)[C@@H](Cc2c[nH]c3ccccc23)NC(=O)c2csc(n2)[C@H](CC(C)C)NC(=O)C1. The van der Waals surface area contributed by atoms with Crippen LogP contribution in [0.4, 0.5) is 0 Å². The zero-order valence-corrected chi connectivity index (χ0v) is 32.7. The van der Waals surface area contributed by atoms with Crippen molar-refractivity contribution in [2.45, 2.75) is 71.6 Å². The van der Waals surface area contributed by atoms with Crippen LogP contribution in [-0.2, 0) is 36.9 Å². The van der Waals surface area contributed by atoms with Gasteiger partial charge in [-0.25, -0.2) is 9.67 Å². The quantitative estimate of drug-likeness (QED) is 0.207. The predicted molar refractivity (Wildman–Crippen MR) is 202 cm³/mol. The van der Waals surface area contributed by atoms with E-state index in [4.69, 9.17) is 0 Å². The van der Waals surface area contributed by atoms with Crippen molar-refractivity contribution in [2.75, 3.05) is 40.3 Å². The van der Waals surface area contributed by atoms with Crippen LogP contribution in [0.2, 0.25) is 0 Å². The van der Waals surface area contributed by atoms with Gasteiger partial charge in [-0.15, -0.1) is 16.4 Å². The monoisotopic (exact) mass is 776 g/mol. The Labute approximate surface area is 322 Å². The molecule has 0 aliphatic carbocycles. The van der Waals surface area contributed by atoms with Crippen molar-refractivity contribution in [3.05, 3.63) is 57.9 Å². The van der Waals surface area contributed by atoms with Crippen LogP contribution in [-0.4, -0.2) is 133 Å². The Kier molecular flexibility index (Phi) is 13.3. The summed E-state index contributed by atoms with van der Waals surface area (Å²) in [5.41, 5.74) is 1.72. The topological polar surface area (TPSA) is 221 Å². The molecule has 2 bridgehead atoms. The van der Waals surface area contributed by atoms with Crippen LogP contribution < -0.4 is 16.0 Å². The number of benzene rings is 1. The van der Waals surface area contributed by atoms with Crippen molar-refractivity contribution in [1.29, 1.82) is 0 Å². The summed E-state index contributed by atoms with van der Waals surface area (Å²) in [6.45, 7) is 6.81. The van der Waals surface area contributed by atoms with Gasteiger partial charge < -0.3 is 35.6 Å². The van der Waals surface area contributed by atoms with Crippen LogP contribution >= 0.6 is 11.3 Å².